The van der Waals surface area contributed by atoms with Crippen LogP contribution in [0, 0.1) is 11.8 Å². The number of carbonyl (C=O) groups excluding carboxylic acids is 2. The van der Waals surface area contributed by atoms with E-state index < -0.39 is 0 Å². The first kappa shape index (κ1) is 53.2. The third-order valence-corrected chi connectivity index (χ3v) is 11.1. The lowest BCUT2D eigenvalue weighted by molar-refractivity contribution is -0.146. The molecule has 2 atom stereocenters. The first-order chi connectivity index (χ1) is 28.4. The average Bonchev–Trinajstić information content (AvgIpc) is 3.22. The number of rotatable bonds is 37. The van der Waals surface area contributed by atoms with Gasteiger partial charge in [-0.1, -0.05) is 146 Å². The van der Waals surface area contributed by atoms with Crippen molar-refractivity contribution < 1.29 is 19.1 Å². The number of hydrogen-bond acceptors (Lipinski definition) is 5. The van der Waals surface area contributed by atoms with Crippen LogP contribution in [-0.2, 0) is 19.1 Å². The van der Waals surface area contributed by atoms with Gasteiger partial charge in [-0.3, -0.25) is 14.5 Å². The SMILES string of the molecule is C/C=C(\CCCCCCC/C=C\C/C=C\C/C=C/CC)OCCN(CCOC(=O)CCCCCCC/C=C\C/C=C\CCCCC)C(=O)CN1CC(C)CC(CC)C1. The van der Waals surface area contributed by atoms with Crippen LogP contribution in [0.25, 0.3) is 0 Å². The first-order valence-corrected chi connectivity index (χ1v) is 24.1. The van der Waals surface area contributed by atoms with E-state index in [4.69, 9.17) is 9.47 Å². The normalized spacial score (nSPS) is 16.9. The molecule has 0 aromatic heterocycles. The minimum absolute atomic E-state index is 0.102. The fourth-order valence-electron chi connectivity index (χ4n) is 7.60. The van der Waals surface area contributed by atoms with E-state index in [1.54, 1.807) is 0 Å². The van der Waals surface area contributed by atoms with Crippen LogP contribution in [-0.4, -0.2) is 67.6 Å². The van der Waals surface area contributed by atoms with Crippen molar-refractivity contribution in [2.45, 2.75) is 189 Å². The molecule has 0 N–H and O–H groups in total. The number of nitrogens with zero attached hydrogens (tertiary/aromatic N) is 2. The predicted octanol–water partition coefficient (Wildman–Crippen LogP) is 14.0. The molecular formula is C52H90N2O4. The summed E-state index contributed by atoms with van der Waals surface area (Å²) in [6.45, 7) is 15.0. The lowest BCUT2D eigenvalue weighted by atomic mass is 9.89. The molecule has 6 nitrogen and oxygen atoms in total. The highest BCUT2D eigenvalue weighted by Gasteiger charge is 2.26. The molecule has 0 aliphatic carbocycles. The summed E-state index contributed by atoms with van der Waals surface area (Å²) >= 11 is 0. The second-order valence-corrected chi connectivity index (χ2v) is 16.6. The van der Waals surface area contributed by atoms with E-state index in [1.807, 2.05) is 11.8 Å². The van der Waals surface area contributed by atoms with Crippen molar-refractivity contribution >= 4 is 11.9 Å². The van der Waals surface area contributed by atoms with Crippen LogP contribution in [0.4, 0.5) is 0 Å². The van der Waals surface area contributed by atoms with Crippen LogP contribution in [0.15, 0.2) is 72.6 Å². The highest BCUT2D eigenvalue weighted by atomic mass is 16.5. The molecular weight excluding hydrogens is 717 g/mol. The summed E-state index contributed by atoms with van der Waals surface area (Å²) in [5.41, 5.74) is 0. The van der Waals surface area contributed by atoms with Crippen molar-refractivity contribution in [3.63, 3.8) is 0 Å². The molecule has 1 saturated heterocycles. The Hall–Kier alpha value is -2.86. The summed E-state index contributed by atoms with van der Waals surface area (Å²) in [4.78, 5) is 30.4. The van der Waals surface area contributed by atoms with E-state index >= 15 is 0 Å². The number of likely N-dealkylation sites (tertiary alicyclic amines) is 1. The maximum Gasteiger partial charge on any atom is 0.305 e. The number of amides is 1. The van der Waals surface area contributed by atoms with Crippen LogP contribution in [0.2, 0.25) is 0 Å². The van der Waals surface area contributed by atoms with E-state index in [1.165, 1.54) is 70.6 Å². The van der Waals surface area contributed by atoms with E-state index in [0.717, 1.165) is 95.9 Å². The van der Waals surface area contributed by atoms with Gasteiger partial charge in [-0.25, -0.2) is 0 Å². The molecule has 6 heteroatoms. The topological polar surface area (TPSA) is 59.1 Å². The number of ether oxygens (including phenoxy) is 2. The number of hydrogen-bond donors (Lipinski definition) is 0. The summed E-state index contributed by atoms with van der Waals surface area (Å²) < 4.78 is 11.9. The fraction of sp³-hybridized carbons (Fsp3) is 0.731. The Morgan fingerprint density at radius 3 is 1.71 bits per heavy atom. The minimum atomic E-state index is -0.156. The lowest BCUT2D eigenvalue weighted by Crippen LogP contribution is -2.47. The van der Waals surface area contributed by atoms with Gasteiger partial charge in [-0.05, 0) is 108 Å². The highest BCUT2D eigenvalue weighted by molar-refractivity contribution is 5.78. The van der Waals surface area contributed by atoms with E-state index in [-0.39, 0.29) is 18.5 Å². The van der Waals surface area contributed by atoms with Crippen LogP contribution in [0.3, 0.4) is 0 Å². The number of piperidine rings is 1. The van der Waals surface area contributed by atoms with E-state index in [2.05, 4.69) is 99.4 Å². The van der Waals surface area contributed by atoms with Gasteiger partial charge in [-0.2, -0.15) is 0 Å². The quantitative estimate of drug-likeness (QED) is 0.0271. The molecule has 0 spiro atoms. The van der Waals surface area contributed by atoms with Gasteiger partial charge in [0.1, 0.15) is 13.2 Å². The van der Waals surface area contributed by atoms with E-state index in [0.29, 0.717) is 44.5 Å². The molecule has 1 heterocycles. The largest absolute Gasteiger partial charge is 0.496 e. The van der Waals surface area contributed by atoms with Gasteiger partial charge in [0.15, 0.2) is 0 Å². The molecule has 1 aliphatic heterocycles. The standard InChI is InChI=1S/C52H90N2O4/c1-6-10-12-14-16-18-20-22-24-26-28-30-32-34-36-38-50(9-4)57-42-40-54(51(55)47-53-45-48(5)44-49(8-3)46-53)41-43-58-52(56)39-37-35-33-31-29-27-25-23-21-19-17-15-13-11-7-2/h9-10,12,16-19,22-25,48-49H,6-8,11,13-15,20-21,26-47H2,1-5H3/b12-10+,18-16-,19-17-,24-22-,25-23-,50-9+. The fourth-order valence-corrected chi connectivity index (χ4v) is 7.60. The molecule has 1 rings (SSSR count). The maximum atomic E-state index is 13.6. The summed E-state index contributed by atoms with van der Waals surface area (Å²) in [5.74, 6) is 2.20. The van der Waals surface area contributed by atoms with Crippen LogP contribution < -0.4 is 0 Å². The lowest BCUT2D eigenvalue weighted by Gasteiger charge is -2.36. The molecule has 0 aromatic rings. The van der Waals surface area contributed by atoms with Crippen molar-refractivity contribution in [1.82, 2.24) is 9.80 Å². The smallest absolute Gasteiger partial charge is 0.305 e. The molecule has 2 unspecified atom stereocenters. The molecule has 0 saturated carbocycles. The molecule has 0 aromatic carbocycles. The summed E-state index contributed by atoms with van der Waals surface area (Å²) in [7, 11) is 0. The summed E-state index contributed by atoms with van der Waals surface area (Å²) in [5, 5.41) is 0. The van der Waals surface area contributed by atoms with Gasteiger partial charge in [0.05, 0.1) is 25.4 Å². The zero-order chi connectivity index (χ0) is 42.2. The molecule has 0 bridgehead atoms. The molecule has 0 radical (unpaired) electrons. The predicted molar refractivity (Wildman–Crippen MR) is 250 cm³/mol. The van der Waals surface area contributed by atoms with Crippen molar-refractivity contribution in [3.05, 3.63) is 72.6 Å². The van der Waals surface area contributed by atoms with Gasteiger partial charge in [-0.15, -0.1) is 0 Å². The monoisotopic (exact) mass is 807 g/mol. The molecule has 1 fully saturated rings. The van der Waals surface area contributed by atoms with Crippen LogP contribution in [0.1, 0.15) is 189 Å². The molecule has 332 valence electrons. The Balaban J connectivity index is 2.36. The van der Waals surface area contributed by atoms with Gasteiger partial charge < -0.3 is 14.4 Å². The highest BCUT2D eigenvalue weighted by Crippen LogP contribution is 2.24. The second-order valence-electron chi connectivity index (χ2n) is 16.6. The first-order valence-electron chi connectivity index (χ1n) is 24.1. The number of carbonyl (C=O) groups is 2. The Bertz CT molecular complexity index is 1170. The number of esters is 1. The average molecular weight is 807 g/mol. The molecule has 58 heavy (non-hydrogen) atoms. The van der Waals surface area contributed by atoms with Crippen molar-refractivity contribution in [2.24, 2.45) is 11.8 Å². The van der Waals surface area contributed by atoms with Crippen molar-refractivity contribution in [2.75, 3.05) is 45.9 Å². The Morgan fingerprint density at radius 2 is 1.14 bits per heavy atom. The van der Waals surface area contributed by atoms with Gasteiger partial charge >= 0.3 is 5.97 Å². The zero-order valence-corrected chi connectivity index (χ0v) is 38.5. The minimum Gasteiger partial charge on any atom is -0.496 e. The Labute approximate surface area is 358 Å². The summed E-state index contributed by atoms with van der Waals surface area (Å²) in [6.07, 6.45) is 51.7. The Morgan fingerprint density at radius 1 is 0.621 bits per heavy atom. The number of allylic oxidation sites excluding steroid dienone is 12. The van der Waals surface area contributed by atoms with E-state index in [9.17, 15) is 9.59 Å². The van der Waals surface area contributed by atoms with Gasteiger partial charge in [0, 0.05) is 25.9 Å². The third-order valence-electron chi connectivity index (χ3n) is 11.1. The summed E-state index contributed by atoms with van der Waals surface area (Å²) in [6, 6.07) is 0. The van der Waals surface area contributed by atoms with Crippen LogP contribution >= 0.6 is 0 Å². The molecule has 1 aliphatic rings. The molecule has 1 amide bonds. The zero-order valence-electron chi connectivity index (χ0n) is 38.5. The van der Waals surface area contributed by atoms with Crippen molar-refractivity contribution in [3.8, 4) is 0 Å². The Kier molecular flexibility index (Phi) is 36.3. The van der Waals surface area contributed by atoms with Crippen LogP contribution in [0.5, 0.6) is 0 Å². The maximum absolute atomic E-state index is 13.6. The van der Waals surface area contributed by atoms with Gasteiger partial charge in [0.2, 0.25) is 5.91 Å². The van der Waals surface area contributed by atoms with Gasteiger partial charge in [0.25, 0.3) is 0 Å². The van der Waals surface area contributed by atoms with Crippen molar-refractivity contribution in [1.29, 1.82) is 0 Å². The second kappa shape index (κ2) is 39.6. The number of unbranched alkanes of at least 4 members (excludes halogenated alkanes) is 13. The third kappa shape index (κ3) is 32.0.